The number of alkyl halides is 1. The molecule has 1 amide bonds. The third-order valence-electron chi connectivity index (χ3n) is 4.38. The van der Waals surface area contributed by atoms with E-state index in [1.54, 1.807) is 22.7 Å². The van der Waals surface area contributed by atoms with Crippen LogP contribution in [0.4, 0.5) is 19.0 Å². The lowest BCUT2D eigenvalue weighted by Gasteiger charge is -2.09. The summed E-state index contributed by atoms with van der Waals surface area (Å²) in [5.41, 5.74) is 1.19. The number of hydrogen-bond acceptors (Lipinski definition) is 3. The smallest absolute Gasteiger partial charge is 0.231 e. The molecule has 2 aromatic heterocycles. The first-order valence-electron chi connectivity index (χ1n) is 7.99. The van der Waals surface area contributed by atoms with E-state index in [1.165, 1.54) is 6.20 Å². The van der Waals surface area contributed by atoms with Gasteiger partial charge in [-0.1, -0.05) is 0 Å². The van der Waals surface area contributed by atoms with E-state index in [-0.39, 0.29) is 23.4 Å². The number of amides is 1. The van der Waals surface area contributed by atoms with Crippen molar-refractivity contribution in [1.29, 1.82) is 0 Å². The Morgan fingerprint density at radius 1 is 1.31 bits per heavy atom. The van der Waals surface area contributed by atoms with Crippen molar-refractivity contribution in [1.82, 2.24) is 9.38 Å². The summed E-state index contributed by atoms with van der Waals surface area (Å²) >= 11 is 0. The van der Waals surface area contributed by atoms with Crippen LogP contribution in [0.5, 0.6) is 0 Å². The fraction of sp³-hybridized carbons (Fsp3) is 0.222. The van der Waals surface area contributed by atoms with Crippen molar-refractivity contribution >= 4 is 17.4 Å². The van der Waals surface area contributed by atoms with Gasteiger partial charge in [0.1, 0.15) is 23.5 Å². The number of pyridine rings is 1. The summed E-state index contributed by atoms with van der Waals surface area (Å²) in [5.74, 6) is -2.36. The highest BCUT2D eigenvalue weighted by atomic mass is 19.1. The molecule has 0 aliphatic heterocycles. The molecule has 8 heteroatoms. The van der Waals surface area contributed by atoms with Crippen LogP contribution < -0.4 is 5.32 Å². The van der Waals surface area contributed by atoms with Gasteiger partial charge >= 0.3 is 0 Å². The average Bonchev–Trinajstić information content (AvgIpc) is 3.19. The normalized spacial score (nSPS) is 18.9. The number of aliphatic hydroxyl groups is 1. The summed E-state index contributed by atoms with van der Waals surface area (Å²) in [4.78, 5) is 16.0. The zero-order chi connectivity index (χ0) is 18.4. The summed E-state index contributed by atoms with van der Waals surface area (Å²) in [6.07, 6.45) is 2.23. The average molecular weight is 361 g/mol. The maximum atomic E-state index is 13.9. The van der Waals surface area contributed by atoms with Gasteiger partial charge in [0.25, 0.3) is 0 Å². The molecule has 0 bridgehead atoms. The second-order valence-corrected chi connectivity index (χ2v) is 6.23. The van der Waals surface area contributed by atoms with Gasteiger partial charge in [-0.05, 0) is 35.7 Å². The van der Waals surface area contributed by atoms with Gasteiger partial charge in [0.05, 0.1) is 18.7 Å². The highest BCUT2D eigenvalue weighted by Gasteiger charge is 2.43. The Morgan fingerprint density at radius 3 is 2.77 bits per heavy atom. The molecule has 1 aliphatic carbocycles. The molecule has 2 unspecified atom stereocenters. The quantitative estimate of drug-likeness (QED) is 0.751. The number of fused-ring (bicyclic) bond motifs is 1. The Kier molecular flexibility index (Phi) is 3.91. The molecule has 2 heterocycles. The fourth-order valence-electron chi connectivity index (χ4n) is 2.89. The Bertz CT molecular complexity index is 1020. The first-order valence-corrected chi connectivity index (χ1v) is 7.99. The minimum absolute atomic E-state index is 0.0119. The van der Waals surface area contributed by atoms with Gasteiger partial charge in [-0.3, -0.25) is 4.79 Å². The van der Waals surface area contributed by atoms with E-state index >= 15 is 0 Å². The molecule has 26 heavy (non-hydrogen) atoms. The molecule has 4 rings (SSSR count). The van der Waals surface area contributed by atoms with Crippen LogP contribution in [0, 0.1) is 17.6 Å². The van der Waals surface area contributed by atoms with Crippen molar-refractivity contribution in [2.24, 2.45) is 5.92 Å². The van der Waals surface area contributed by atoms with Crippen molar-refractivity contribution in [3.05, 3.63) is 53.9 Å². The van der Waals surface area contributed by atoms with Gasteiger partial charge in [0.15, 0.2) is 5.82 Å². The summed E-state index contributed by atoms with van der Waals surface area (Å²) in [6, 6.07) is 5.09. The molecule has 1 saturated carbocycles. The number of benzene rings is 1. The van der Waals surface area contributed by atoms with Gasteiger partial charge in [-0.25, -0.2) is 18.2 Å². The number of imidazole rings is 1. The Hall–Kier alpha value is -2.87. The summed E-state index contributed by atoms with van der Waals surface area (Å²) in [6.45, 7) is -0.573. The van der Waals surface area contributed by atoms with Gasteiger partial charge in [0.2, 0.25) is 5.91 Å². The monoisotopic (exact) mass is 361 g/mol. The summed E-state index contributed by atoms with van der Waals surface area (Å²) < 4.78 is 42.0. The second-order valence-electron chi connectivity index (χ2n) is 6.23. The molecular weight excluding hydrogens is 347 g/mol. The summed E-state index contributed by atoms with van der Waals surface area (Å²) in [5, 5.41) is 11.9. The van der Waals surface area contributed by atoms with E-state index < -0.39 is 36.2 Å². The second kappa shape index (κ2) is 6.14. The van der Waals surface area contributed by atoms with E-state index in [0.29, 0.717) is 17.3 Å². The van der Waals surface area contributed by atoms with Crippen LogP contribution in [0.25, 0.3) is 16.8 Å². The van der Waals surface area contributed by atoms with E-state index in [9.17, 15) is 23.1 Å². The fourth-order valence-corrected chi connectivity index (χ4v) is 2.89. The zero-order valence-corrected chi connectivity index (χ0v) is 13.4. The van der Waals surface area contributed by atoms with E-state index in [2.05, 4.69) is 10.3 Å². The first-order chi connectivity index (χ1) is 12.5. The van der Waals surface area contributed by atoms with Gasteiger partial charge < -0.3 is 14.8 Å². The van der Waals surface area contributed by atoms with Crippen LogP contribution in [0.3, 0.4) is 0 Å². The molecule has 0 saturated heterocycles. The molecule has 0 spiro atoms. The number of hydrogen-bond donors (Lipinski definition) is 2. The number of nitrogens with zero attached hydrogens (tertiary/aromatic N) is 2. The third kappa shape index (κ3) is 2.92. The lowest BCUT2D eigenvalue weighted by atomic mass is 10.0. The van der Waals surface area contributed by atoms with Gasteiger partial charge in [-0.15, -0.1) is 0 Å². The molecule has 1 fully saturated rings. The first kappa shape index (κ1) is 16.6. The highest BCUT2D eigenvalue weighted by Crippen LogP contribution is 2.34. The predicted molar refractivity (Wildman–Crippen MR) is 88.1 cm³/mol. The SMILES string of the molecule is O=C(Nc1cn2cc(-c3cc(F)cc(F)c3CO)ccc2n1)C1CC1F. The number of halogens is 3. The molecule has 5 nitrogen and oxygen atoms in total. The van der Waals surface area contributed by atoms with Crippen LogP contribution in [0.2, 0.25) is 0 Å². The Labute approximate surface area is 146 Å². The van der Waals surface area contributed by atoms with Gasteiger partial charge in [0, 0.05) is 17.8 Å². The molecule has 1 aromatic carbocycles. The van der Waals surface area contributed by atoms with Crippen LogP contribution in [-0.4, -0.2) is 26.6 Å². The minimum atomic E-state index is -1.10. The number of carbonyl (C=O) groups is 1. The number of nitrogens with one attached hydrogen (secondary N) is 1. The van der Waals surface area contributed by atoms with Crippen molar-refractivity contribution in [2.75, 3.05) is 5.32 Å². The lowest BCUT2D eigenvalue weighted by Crippen LogP contribution is -2.15. The zero-order valence-electron chi connectivity index (χ0n) is 13.4. The van der Waals surface area contributed by atoms with Crippen LogP contribution in [0.15, 0.2) is 36.7 Å². The maximum Gasteiger partial charge on any atom is 0.231 e. The summed E-state index contributed by atoms with van der Waals surface area (Å²) in [7, 11) is 0. The number of anilines is 1. The third-order valence-corrected chi connectivity index (χ3v) is 4.38. The number of aromatic nitrogens is 2. The molecule has 1 aliphatic rings. The molecule has 2 N–H and O–H groups in total. The molecule has 134 valence electrons. The van der Waals surface area contributed by atoms with E-state index in [1.807, 2.05) is 0 Å². The van der Waals surface area contributed by atoms with Crippen LogP contribution in [-0.2, 0) is 11.4 Å². The van der Waals surface area contributed by atoms with Crippen LogP contribution in [0.1, 0.15) is 12.0 Å². The Balaban J connectivity index is 1.69. The number of carbonyl (C=O) groups excluding carboxylic acids is 1. The highest BCUT2D eigenvalue weighted by molar-refractivity contribution is 5.94. The predicted octanol–water partition coefficient (Wildman–Crippen LogP) is 3.07. The standard InChI is InChI=1S/C18H14F3N3O2/c19-10-3-11(13(8-25)14(20)4-10)9-1-2-17-22-16(7-24(17)6-9)23-18(26)12-5-15(12)21/h1-4,6-7,12,15,25H,5,8H2,(H,23,26). The lowest BCUT2D eigenvalue weighted by molar-refractivity contribution is -0.117. The van der Waals surface area contributed by atoms with Crippen molar-refractivity contribution in [2.45, 2.75) is 19.2 Å². The van der Waals surface area contributed by atoms with Crippen molar-refractivity contribution in [3.63, 3.8) is 0 Å². The largest absolute Gasteiger partial charge is 0.392 e. The van der Waals surface area contributed by atoms with E-state index in [4.69, 9.17) is 0 Å². The van der Waals surface area contributed by atoms with Crippen molar-refractivity contribution < 1.29 is 23.1 Å². The molecular formula is C18H14F3N3O2. The van der Waals surface area contributed by atoms with Crippen LogP contribution >= 0.6 is 0 Å². The van der Waals surface area contributed by atoms with E-state index in [0.717, 1.165) is 6.07 Å². The number of aliphatic hydroxyl groups excluding tert-OH is 1. The minimum Gasteiger partial charge on any atom is -0.392 e. The van der Waals surface area contributed by atoms with Gasteiger partial charge in [-0.2, -0.15) is 0 Å². The van der Waals surface area contributed by atoms with Crippen molar-refractivity contribution in [3.8, 4) is 11.1 Å². The number of rotatable bonds is 4. The Morgan fingerprint density at radius 2 is 2.08 bits per heavy atom. The molecule has 2 atom stereocenters. The molecule has 0 radical (unpaired) electrons. The topological polar surface area (TPSA) is 66.6 Å². The molecule has 3 aromatic rings. The maximum absolute atomic E-state index is 13.9.